The molecule has 0 aromatic heterocycles. The van der Waals surface area contributed by atoms with E-state index in [2.05, 4.69) is 0 Å². The van der Waals surface area contributed by atoms with Crippen LogP contribution in [0.15, 0.2) is 72.8 Å². The number of carbonyl (C=O) groups is 2. The van der Waals surface area contributed by atoms with Crippen LogP contribution in [0.1, 0.15) is 62.9 Å². The number of carbonyl (C=O) groups excluding carboxylic acids is 2. The predicted molar refractivity (Wildman–Crippen MR) is 109 cm³/mol. The summed E-state index contributed by atoms with van der Waals surface area (Å²) in [6.45, 7) is 0. The van der Waals surface area contributed by atoms with Gasteiger partial charge in [-0.05, 0) is 67.5 Å². The van der Waals surface area contributed by atoms with E-state index in [1.807, 2.05) is 36.4 Å². The summed E-state index contributed by atoms with van der Waals surface area (Å²) in [5.41, 5.74) is 3.10. The number of fused-ring (bicyclic) bond motifs is 5. The number of ether oxygens (including phenoxy) is 2. The highest BCUT2D eigenvalue weighted by Gasteiger charge is 2.42. The monoisotopic (exact) mass is 384 g/mol. The molecule has 0 spiro atoms. The fourth-order valence-corrected chi connectivity index (χ4v) is 4.59. The second-order valence-corrected chi connectivity index (χ2v) is 7.61. The zero-order valence-electron chi connectivity index (χ0n) is 15.8. The zero-order chi connectivity index (χ0) is 19.8. The fourth-order valence-electron chi connectivity index (χ4n) is 4.59. The van der Waals surface area contributed by atoms with Crippen LogP contribution in [0.25, 0.3) is 0 Å². The van der Waals surface area contributed by atoms with Crippen LogP contribution < -0.4 is 9.47 Å². The number of benzene rings is 3. The molecule has 2 aliphatic carbocycles. The van der Waals surface area contributed by atoms with Crippen LogP contribution >= 0.6 is 0 Å². The third-order valence-corrected chi connectivity index (χ3v) is 5.88. The van der Waals surface area contributed by atoms with Crippen LogP contribution in [0.2, 0.25) is 0 Å². The van der Waals surface area contributed by atoms with Crippen molar-refractivity contribution in [3.05, 3.63) is 95.1 Å². The maximum absolute atomic E-state index is 12.6. The fraction of sp³-hybridized carbons (Fsp3) is 0.200. The normalized spacial score (nSPS) is 18.9. The molecule has 0 aliphatic heterocycles. The minimum Gasteiger partial charge on any atom is -0.423 e. The molecule has 0 amide bonds. The average Bonchev–Trinajstić information content (AvgIpc) is 3.39. The molecule has 0 saturated heterocycles. The first-order valence-corrected chi connectivity index (χ1v) is 9.92. The SMILES string of the molecule is O=C(Oc1ccc(OC(=O)c2ccccc2)c2c1C1CCC2C1)c1ccccc1. The third-order valence-electron chi connectivity index (χ3n) is 5.88. The molecule has 2 bridgehead atoms. The van der Waals surface area contributed by atoms with Gasteiger partial charge in [0.1, 0.15) is 11.5 Å². The van der Waals surface area contributed by atoms with Crippen molar-refractivity contribution in [3.63, 3.8) is 0 Å². The summed E-state index contributed by atoms with van der Waals surface area (Å²) in [4.78, 5) is 25.1. The summed E-state index contributed by atoms with van der Waals surface area (Å²) < 4.78 is 11.5. The van der Waals surface area contributed by atoms with Gasteiger partial charge in [0.15, 0.2) is 0 Å². The van der Waals surface area contributed by atoms with Crippen molar-refractivity contribution in [2.75, 3.05) is 0 Å². The number of esters is 2. The Labute approximate surface area is 169 Å². The van der Waals surface area contributed by atoms with E-state index in [1.54, 1.807) is 36.4 Å². The van der Waals surface area contributed by atoms with Gasteiger partial charge in [0, 0.05) is 11.1 Å². The van der Waals surface area contributed by atoms with Crippen molar-refractivity contribution in [2.24, 2.45) is 0 Å². The lowest BCUT2D eigenvalue weighted by Crippen LogP contribution is -2.14. The third kappa shape index (κ3) is 3.21. The van der Waals surface area contributed by atoms with E-state index in [0.29, 0.717) is 34.5 Å². The Balaban J connectivity index is 1.47. The molecule has 3 aromatic carbocycles. The molecule has 4 nitrogen and oxygen atoms in total. The van der Waals surface area contributed by atoms with E-state index in [-0.39, 0.29) is 11.9 Å². The molecule has 29 heavy (non-hydrogen) atoms. The Bertz CT molecular complexity index is 986. The van der Waals surface area contributed by atoms with Crippen molar-refractivity contribution >= 4 is 11.9 Å². The smallest absolute Gasteiger partial charge is 0.343 e. The van der Waals surface area contributed by atoms with Gasteiger partial charge in [-0.25, -0.2) is 9.59 Å². The largest absolute Gasteiger partial charge is 0.423 e. The molecule has 0 radical (unpaired) electrons. The summed E-state index contributed by atoms with van der Waals surface area (Å²) >= 11 is 0. The molecule has 5 rings (SSSR count). The first kappa shape index (κ1) is 17.7. The second kappa shape index (κ2) is 7.21. The first-order chi connectivity index (χ1) is 14.2. The molecule has 4 heteroatoms. The van der Waals surface area contributed by atoms with Gasteiger partial charge in [0.05, 0.1) is 11.1 Å². The van der Waals surface area contributed by atoms with Crippen LogP contribution in [-0.4, -0.2) is 11.9 Å². The summed E-state index contributed by atoms with van der Waals surface area (Å²) in [6, 6.07) is 21.5. The van der Waals surface area contributed by atoms with Crippen molar-refractivity contribution in [2.45, 2.75) is 31.1 Å². The quantitative estimate of drug-likeness (QED) is 0.441. The van der Waals surface area contributed by atoms with Gasteiger partial charge in [0.2, 0.25) is 0 Å². The second-order valence-electron chi connectivity index (χ2n) is 7.61. The molecule has 2 atom stereocenters. The van der Waals surface area contributed by atoms with Crippen LogP contribution in [-0.2, 0) is 0 Å². The topological polar surface area (TPSA) is 52.6 Å². The van der Waals surface area contributed by atoms with Crippen molar-refractivity contribution in [3.8, 4) is 11.5 Å². The molecular weight excluding hydrogens is 364 g/mol. The Kier molecular flexibility index (Phi) is 4.39. The Hall–Kier alpha value is -3.40. The minimum atomic E-state index is -0.371. The summed E-state index contributed by atoms with van der Waals surface area (Å²) in [6.07, 6.45) is 3.17. The lowest BCUT2D eigenvalue weighted by molar-refractivity contribution is 0.0716. The maximum Gasteiger partial charge on any atom is 0.343 e. The van der Waals surface area contributed by atoms with Crippen molar-refractivity contribution < 1.29 is 19.1 Å². The van der Waals surface area contributed by atoms with Crippen LogP contribution in [0.5, 0.6) is 11.5 Å². The standard InChI is InChI=1S/C25H20O4/c26-24(16-7-3-1-4-8-16)28-20-13-14-21(23-19-12-11-18(15-19)22(20)23)29-25(27)17-9-5-2-6-10-17/h1-10,13-14,18-19H,11-12,15H2. The van der Waals surface area contributed by atoms with Gasteiger partial charge < -0.3 is 9.47 Å². The molecular formula is C25H20O4. The van der Waals surface area contributed by atoms with E-state index in [9.17, 15) is 9.59 Å². The van der Waals surface area contributed by atoms with Gasteiger partial charge in [-0.15, -0.1) is 0 Å². The van der Waals surface area contributed by atoms with Crippen molar-refractivity contribution in [1.82, 2.24) is 0 Å². The Morgan fingerprint density at radius 1 is 0.621 bits per heavy atom. The Morgan fingerprint density at radius 3 is 1.45 bits per heavy atom. The molecule has 1 fully saturated rings. The number of rotatable bonds is 4. The molecule has 1 saturated carbocycles. The number of hydrogen-bond acceptors (Lipinski definition) is 4. The first-order valence-electron chi connectivity index (χ1n) is 9.92. The molecule has 3 aromatic rings. The lowest BCUT2D eigenvalue weighted by atomic mass is 9.90. The zero-order valence-corrected chi connectivity index (χ0v) is 15.8. The summed E-state index contributed by atoms with van der Waals surface area (Å²) in [5, 5.41) is 0. The maximum atomic E-state index is 12.6. The van der Waals surface area contributed by atoms with Crippen molar-refractivity contribution in [1.29, 1.82) is 0 Å². The summed E-state index contributed by atoms with van der Waals surface area (Å²) in [5.74, 6) is 1.13. The average molecular weight is 384 g/mol. The highest BCUT2D eigenvalue weighted by atomic mass is 16.5. The van der Waals surface area contributed by atoms with Gasteiger partial charge in [-0.2, -0.15) is 0 Å². The molecule has 2 unspecified atom stereocenters. The molecule has 2 aliphatic rings. The van der Waals surface area contributed by atoms with E-state index >= 15 is 0 Å². The van der Waals surface area contributed by atoms with Gasteiger partial charge >= 0.3 is 11.9 Å². The van der Waals surface area contributed by atoms with E-state index in [0.717, 1.165) is 30.4 Å². The van der Waals surface area contributed by atoms with Gasteiger partial charge in [0.25, 0.3) is 0 Å². The molecule has 144 valence electrons. The highest BCUT2D eigenvalue weighted by Crippen LogP contribution is 2.58. The summed E-state index contributed by atoms with van der Waals surface area (Å²) in [7, 11) is 0. The minimum absolute atomic E-state index is 0.351. The number of hydrogen-bond donors (Lipinski definition) is 0. The molecule has 0 N–H and O–H groups in total. The van der Waals surface area contributed by atoms with Gasteiger partial charge in [-0.1, -0.05) is 36.4 Å². The van der Waals surface area contributed by atoms with Gasteiger partial charge in [-0.3, -0.25) is 0 Å². The highest BCUT2D eigenvalue weighted by molar-refractivity contribution is 5.92. The lowest BCUT2D eigenvalue weighted by Gasteiger charge is -2.21. The van der Waals surface area contributed by atoms with E-state index < -0.39 is 0 Å². The van der Waals surface area contributed by atoms with E-state index in [1.165, 1.54) is 0 Å². The van der Waals surface area contributed by atoms with Crippen LogP contribution in [0, 0.1) is 0 Å². The predicted octanol–water partition coefficient (Wildman–Crippen LogP) is 5.49. The molecule has 0 heterocycles. The Morgan fingerprint density at radius 2 is 1.03 bits per heavy atom. The van der Waals surface area contributed by atoms with Crippen LogP contribution in [0.4, 0.5) is 0 Å². The van der Waals surface area contributed by atoms with Crippen LogP contribution in [0.3, 0.4) is 0 Å². The van der Waals surface area contributed by atoms with E-state index in [4.69, 9.17) is 9.47 Å².